The van der Waals surface area contributed by atoms with Crippen molar-refractivity contribution in [2.24, 2.45) is 0 Å². The molecule has 1 fully saturated rings. The fourth-order valence-electron chi connectivity index (χ4n) is 5.31. The molecule has 1 aliphatic rings. The van der Waals surface area contributed by atoms with Crippen LogP contribution >= 0.6 is 0 Å². The zero-order valence-corrected chi connectivity index (χ0v) is 21.8. The van der Waals surface area contributed by atoms with Crippen molar-refractivity contribution in [2.45, 2.75) is 21.4 Å². The molecule has 0 heterocycles. The van der Waals surface area contributed by atoms with E-state index < -0.39 is 0 Å². The Morgan fingerprint density at radius 2 is 0.938 bits per heavy atom. The van der Waals surface area contributed by atoms with Gasteiger partial charge in [-0.25, -0.2) is 0 Å². The van der Waals surface area contributed by atoms with Gasteiger partial charge < -0.3 is 0 Å². The first kappa shape index (κ1) is 21.5. The van der Waals surface area contributed by atoms with Crippen molar-refractivity contribution in [3.63, 3.8) is 0 Å². The van der Waals surface area contributed by atoms with Crippen LogP contribution in [0.15, 0.2) is 127 Å². The summed E-state index contributed by atoms with van der Waals surface area (Å²) >= 11 is 0.730. The molecule has 0 spiro atoms. The van der Waals surface area contributed by atoms with Gasteiger partial charge in [0.1, 0.15) is 0 Å². The molecule has 0 amide bonds. The van der Waals surface area contributed by atoms with Gasteiger partial charge in [0.05, 0.1) is 0 Å². The topological polar surface area (TPSA) is 0 Å². The Morgan fingerprint density at radius 1 is 0.531 bits per heavy atom. The van der Waals surface area contributed by atoms with E-state index in [0.29, 0.717) is 29.9 Å². The molecule has 32 heavy (non-hydrogen) atoms. The number of hydrogen-bond donors (Lipinski definition) is 0. The van der Waals surface area contributed by atoms with E-state index in [0.717, 1.165) is 0 Å². The molecule has 0 N–H and O–H groups in total. The first-order valence-electron chi connectivity index (χ1n) is 10.9. The SMILES string of the molecule is C[Se]/C(=C1\C([Se]C)(c2ccccc2)C1(c1ccccc1)c1ccccc1)c1ccccc1. The van der Waals surface area contributed by atoms with Gasteiger partial charge in [0, 0.05) is 0 Å². The number of rotatable bonds is 6. The van der Waals surface area contributed by atoms with Crippen molar-refractivity contribution >= 4 is 34.4 Å². The molecule has 1 aliphatic carbocycles. The molecule has 2 heteroatoms. The molecule has 1 atom stereocenters. The molecule has 1 saturated carbocycles. The van der Waals surface area contributed by atoms with Crippen molar-refractivity contribution in [2.75, 3.05) is 0 Å². The van der Waals surface area contributed by atoms with Crippen LogP contribution in [0.3, 0.4) is 0 Å². The van der Waals surface area contributed by atoms with E-state index in [1.54, 1.807) is 10.0 Å². The van der Waals surface area contributed by atoms with Crippen LogP contribution in [0.25, 0.3) is 4.47 Å². The fourth-order valence-corrected chi connectivity index (χ4v) is 10.5. The molecule has 0 saturated heterocycles. The zero-order valence-electron chi connectivity index (χ0n) is 18.4. The fraction of sp³-hybridized carbons (Fsp3) is 0.133. The predicted octanol–water partition coefficient (Wildman–Crippen LogP) is 6.80. The third-order valence-electron chi connectivity index (χ3n) is 6.56. The number of allylic oxidation sites excluding steroid dienone is 1. The molecule has 1 unspecified atom stereocenters. The summed E-state index contributed by atoms with van der Waals surface area (Å²) in [5.74, 6) is 4.80. The van der Waals surface area contributed by atoms with Crippen molar-refractivity contribution in [3.05, 3.63) is 149 Å². The van der Waals surface area contributed by atoms with Gasteiger partial charge >= 0.3 is 205 Å². The van der Waals surface area contributed by atoms with E-state index >= 15 is 0 Å². The van der Waals surface area contributed by atoms with Gasteiger partial charge in [0.15, 0.2) is 0 Å². The Morgan fingerprint density at radius 3 is 1.34 bits per heavy atom. The van der Waals surface area contributed by atoms with Crippen LogP contribution in [0.5, 0.6) is 0 Å². The minimum atomic E-state index is -0.130. The van der Waals surface area contributed by atoms with Crippen molar-refractivity contribution < 1.29 is 0 Å². The predicted molar refractivity (Wildman–Crippen MR) is 138 cm³/mol. The molecule has 4 aromatic rings. The summed E-state index contributed by atoms with van der Waals surface area (Å²) in [5, 5.41) is 0. The summed E-state index contributed by atoms with van der Waals surface area (Å²) in [6.45, 7) is 0. The molecule has 4 aromatic carbocycles. The third-order valence-corrected chi connectivity index (χ3v) is 11.2. The van der Waals surface area contributed by atoms with Gasteiger partial charge in [0.2, 0.25) is 0 Å². The van der Waals surface area contributed by atoms with Gasteiger partial charge in [-0.15, -0.1) is 0 Å². The summed E-state index contributed by atoms with van der Waals surface area (Å²) in [5.41, 5.74) is 7.13. The Balaban J connectivity index is 1.93. The first-order valence-corrected chi connectivity index (χ1v) is 16.0. The Kier molecular flexibility index (Phi) is 5.97. The molecule has 158 valence electrons. The second-order valence-corrected chi connectivity index (χ2v) is 11.9. The van der Waals surface area contributed by atoms with E-state index in [4.69, 9.17) is 0 Å². The Hall–Kier alpha value is -2.34. The average Bonchev–Trinajstić information content (AvgIpc) is 3.51. The van der Waals surface area contributed by atoms with Crippen molar-refractivity contribution in [3.8, 4) is 0 Å². The molecule has 0 bridgehead atoms. The summed E-state index contributed by atoms with van der Waals surface area (Å²) in [4.78, 5) is 0. The monoisotopic (exact) mass is 546 g/mol. The van der Waals surface area contributed by atoms with Gasteiger partial charge in [-0.2, -0.15) is 0 Å². The van der Waals surface area contributed by atoms with Gasteiger partial charge in [-0.05, 0) is 0 Å². The first-order chi connectivity index (χ1) is 15.8. The van der Waals surface area contributed by atoms with Crippen molar-refractivity contribution in [1.29, 1.82) is 0 Å². The van der Waals surface area contributed by atoms with E-state index in [1.807, 2.05) is 0 Å². The molecule has 0 radical (unpaired) electrons. The molecule has 0 aromatic heterocycles. The molecule has 0 aliphatic heterocycles. The molecule has 0 nitrogen and oxygen atoms in total. The Bertz CT molecular complexity index is 1180. The van der Waals surface area contributed by atoms with E-state index in [2.05, 4.69) is 133 Å². The van der Waals surface area contributed by atoms with E-state index in [9.17, 15) is 0 Å². The molecule has 5 rings (SSSR count). The van der Waals surface area contributed by atoms with Gasteiger partial charge in [0.25, 0.3) is 0 Å². The number of hydrogen-bond acceptors (Lipinski definition) is 0. The Labute approximate surface area is 204 Å². The maximum absolute atomic E-state index is 2.43. The van der Waals surface area contributed by atoms with E-state index in [-0.39, 0.29) is 9.73 Å². The third kappa shape index (κ3) is 3.10. The quantitative estimate of drug-likeness (QED) is 0.235. The van der Waals surface area contributed by atoms with Crippen LogP contribution in [0.2, 0.25) is 11.6 Å². The van der Waals surface area contributed by atoms with Crippen LogP contribution in [0, 0.1) is 0 Å². The standard InChI is InChI=1S/C30H26Se2/c1-31-27(23-15-7-3-8-16-23)28-29(24-17-9-4-10-18-24,25-19-11-5-12-20-25)30(28,32-2)26-21-13-6-14-22-26/h3-22H,1-2H3/b28-27-. The second kappa shape index (κ2) is 8.89. The maximum atomic E-state index is 2.43. The summed E-state index contributed by atoms with van der Waals surface area (Å²) in [7, 11) is 0. The van der Waals surface area contributed by atoms with Crippen LogP contribution in [0.4, 0.5) is 0 Å². The molecular weight excluding hydrogens is 518 g/mol. The summed E-state index contributed by atoms with van der Waals surface area (Å²) in [6, 6.07) is 44.8. The summed E-state index contributed by atoms with van der Waals surface area (Å²) < 4.78 is 1.56. The normalized spacial score (nSPS) is 20.6. The van der Waals surface area contributed by atoms with Gasteiger partial charge in [-0.1, -0.05) is 0 Å². The van der Waals surface area contributed by atoms with Crippen LogP contribution in [0.1, 0.15) is 22.3 Å². The minimum absolute atomic E-state index is 0.00685. The number of benzene rings is 4. The van der Waals surface area contributed by atoms with Crippen LogP contribution < -0.4 is 0 Å². The van der Waals surface area contributed by atoms with Crippen LogP contribution in [-0.2, 0) is 9.73 Å². The average molecular weight is 544 g/mol. The van der Waals surface area contributed by atoms with E-state index in [1.165, 1.54) is 22.3 Å². The second-order valence-electron chi connectivity index (χ2n) is 8.01. The summed E-state index contributed by atoms with van der Waals surface area (Å²) in [6.07, 6.45) is 0. The molecular formula is C30H26Se2. The van der Waals surface area contributed by atoms with Crippen molar-refractivity contribution in [1.82, 2.24) is 0 Å². The van der Waals surface area contributed by atoms with Gasteiger partial charge in [-0.3, -0.25) is 0 Å². The van der Waals surface area contributed by atoms with Crippen LogP contribution in [-0.4, -0.2) is 29.9 Å². The zero-order chi connectivity index (χ0) is 22.0.